The van der Waals surface area contributed by atoms with Crippen molar-refractivity contribution >= 4 is 11.9 Å². The Labute approximate surface area is 94.3 Å². The van der Waals surface area contributed by atoms with Gasteiger partial charge in [-0.3, -0.25) is 9.59 Å². The zero-order chi connectivity index (χ0) is 12.8. The molecular formula is C10H19NO5. The van der Waals surface area contributed by atoms with Gasteiger partial charge < -0.3 is 20.6 Å². The summed E-state index contributed by atoms with van der Waals surface area (Å²) in [7, 11) is 0. The molecule has 0 fully saturated rings. The third kappa shape index (κ3) is 5.09. The van der Waals surface area contributed by atoms with Crippen molar-refractivity contribution in [3.05, 3.63) is 0 Å². The molecule has 0 aromatic carbocycles. The minimum absolute atomic E-state index is 0.0280. The first-order valence-electron chi connectivity index (χ1n) is 5.09. The molecule has 0 spiro atoms. The molecule has 0 aromatic heterocycles. The fourth-order valence-corrected chi connectivity index (χ4v) is 0.989. The summed E-state index contributed by atoms with van der Waals surface area (Å²) in [4.78, 5) is 21.6. The van der Waals surface area contributed by atoms with Crippen LogP contribution in [0.25, 0.3) is 0 Å². The molecule has 0 saturated carbocycles. The van der Waals surface area contributed by atoms with Gasteiger partial charge in [-0.05, 0) is 6.42 Å². The summed E-state index contributed by atoms with van der Waals surface area (Å²) in [6.45, 7) is 3.02. The smallest absolute Gasteiger partial charge is 0.303 e. The lowest BCUT2D eigenvalue weighted by atomic mass is 9.87. The molecule has 0 aromatic rings. The Bertz CT molecular complexity index is 252. The average Bonchev–Trinajstić information content (AvgIpc) is 2.22. The Balaban J connectivity index is 3.93. The molecule has 6 nitrogen and oxygen atoms in total. The number of hydrogen-bond donors (Lipinski definition) is 4. The predicted octanol–water partition coefficient (Wildman–Crippen LogP) is -0.653. The molecule has 4 N–H and O–H groups in total. The first-order valence-corrected chi connectivity index (χ1v) is 5.09. The van der Waals surface area contributed by atoms with Crippen LogP contribution in [0.4, 0.5) is 0 Å². The SMILES string of the molecule is CC(C)(CO)[C@H](O)C(=O)NCCCC(=O)O. The van der Waals surface area contributed by atoms with Gasteiger partial charge in [0.15, 0.2) is 0 Å². The predicted molar refractivity (Wildman–Crippen MR) is 56.8 cm³/mol. The van der Waals surface area contributed by atoms with Gasteiger partial charge in [0.05, 0.1) is 6.61 Å². The van der Waals surface area contributed by atoms with E-state index in [2.05, 4.69) is 5.32 Å². The zero-order valence-corrected chi connectivity index (χ0v) is 9.56. The summed E-state index contributed by atoms with van der Waals surface area (Å²) in [5.74, 6) is -1.52. The van der Waals surface area contributed by atoms with Crippen molar-refractivity contribution < 1.29 is 24.9 Å². The highest BCUT2D eigenvalue weighted by atomic mass is 16.4. The maximum atomic E-state index is 11.4. The largest absolute Gasteiger partial charge is 0.481 e. The van der Waals surface area contributed by atoms with Crippen LogP contribution >= 0.6 is 0 Å². The summed E-state index contributed by atoms with van der Waals surface area (Å²) in [6, 6.07) is 0. The Morgan fingerprint density at radius 1 is 1.38 bits per heavy atom. The third-order valence-electron chi connectivity index (χ3n) is 2.26. The number of carboxylic acid groups (broad SMARTS) is 1. The van der Waals surface area contributed by atoms with E-state index in [1.54, 1.807) is 13.8 Å². The second-order valence-electron chi connectivity index (χ2n) is 4.34. The standard InChI is InChI=1S/C10H19NO5/c1-10(2,6-12)8(15)9(16)11-5-3-4-7(13)14/h8,12,15H,3-6H2,1-2H3,(H,11,16)(H,13,14)/t8-/m1/s1. The molecule has 0 aliphatic heterocycles. The van der Waals surface area contributed by atoms with Gasteiger partial charge in [0, 0.05) is 18.4 Å². The average molecular weight is 233 g/mol. The lowest BCUT2D eigenvalue weighted by Crippen LogP contribution is -2.45. The number of amides is 1. The number of carbonyl (C=O) groups excluding carboxylic acids is 1. The number of carbonyl (C=O) groups is 2. The van der Waals surface area contributed by atoms with Crippen molar-refractivity contribution in [2.75, 3.05) is 13.2 Å². The van der Waals surface area contributed by atoms with Gasteiger partial charge >= 0.3 is 5.97 Å². The Kier molecular flexibility index (Phi) is 5.98. The van der Waals surface area contributed by atoms with Crippen LogP contribution in [0.1, 0.15) is 26.7 Å². The van der Waals surface area contributed by atoms with Crippen LogP contribution in [0.5, 0.6) is 0 Å². The number of aliphatic hydroxyl groups excluding tert-OH is 2. The van der Waals surface area contributed by atoms with E-state index >= 15 is 0 Å². The van der Waals surface area contributed by atoms with Crippen LogP contribution in [0.3, 0.4) is 0 Å². The summed E-state index contributed by atoms with van der Waals surface area (Å²) < 4.78 is 0. The van der Waals surface area contributed by atoms with Gasteiger partial charge in [-0.15, -0.1) is 0 Å². The van der Waals surface area contributed by atoms with Crippen molar-refractivity contribution in [3.8, 4) is 0 Å². The normalized spacial score (nSPS) is 13.2. The van der Waals surface area contributed by atoms with Crippen LogP contribution in [-0.2, 0) is 9.59 Å². The first kappa shape index (κ1) is 14.9. The number of rotatable bonds is 7. The molecule has 0 rings (SSSR count). The minimum Gasteiger partial charge on any atom is -0.481 e. The van der Waals surface area contributed by atoms with Gasteiger partial charge in [0.25, 0.3) is 0 Å². The molecule has 1 atom stereocenters. The van der Waals surface area contributed by atoms with Crippen molar-refractivity contribution in [1.82, 2.24) is 5.32 Å². The van der Waals surface area contributed by atoms with Gasteiger partial charge in [-0.1, -0.05) is 13.8 Å². The third-order valence-corrected chi connectivity index (χ3v) is 2.26. The summed E-state index contributed by atoms with van der Waals surface area (Å²) >= 11 is 0. The fraction of sp³-hybridized carbons (Fsp3) is 0.800. The first-order chi connectivity index (χ1) is 7.31. The maximum absolute atomic E-state index is 11.4. The van der Waals surface area contributed by atoms with Gasteiger partial charge in [0.1, 0.15) is 6.10 Å². The van der Waals surface area contributed by atoms with Crippen LogP contribution in [0, 0.1) is 5.41 Å². The summed E-state index contributed by atoms with van der Waals surface area (Å²) in [6.07, 6.45) is -1.02. The van der Waals surface area contributed by atoms with Crippen molar-refractivity contribution in [2.45, 2.75) is 32.8 Å². The number of aliphatic carboxylic acids is 1. The Morgan fingerprint density at radius 3 is 2.38 bits per heavy atom. The molecule has 0 aliphatic carbocycles. The maximum Gasteiger partial charge on any atom is 0.303 e. The highest BCUT2D eigenvalue weighted by Crippen LogP contribution is 2.19. The van der Waals surface area contributed by atoms with Crippen molar-refractivity contribution in [1.29, 1.82) is 0 Å². The molecular weight excluding hydrogens is 214 g/mol. The highest BCUT2D eigenvalue weighted by Gasteiger charge is 2.32. The van der Waals surface area contributed by atoms with Crippen molar-refractivity contribution in [3.63, 3.8) is 0 Å². The monoisotopic (exact) mass is 233 g/mol. The van der Waals surface area contributed by atoms with Crippen LogP contribution in [0.2, 0.25) is 0 Å². The van der Waals surface area contributed by atoms with E-state index in [0.29, 0.717) is 6.42 Å². The molecule has 1 amide bonds. The second-order valence-corrected chi connectivity index (χ2v) is 4.34. The van der Waals surface area contributed by atoms with Gasteiger partial charge in [0.2, 0.25) is 5.91 Å². The topological polar surface area (TPSA) is 107 Å². The van der Waals surface area contributed by atoms with Gasteiger partial charge in [-0.2, -0.15) is 0 Å². The second kappa shape index (κ2) is 6.44. The van der Waals surface area contributed by atoms with E-state index < -0.39 is 23.4 Å². The molecule has 0 saturated heterocycles. The zero-order valence-electron chi connectivity index (χ0n) is 9.56. The fourth-order valence-electron chi connectivity index (χ4n) is 0.989. The molecule has 0 unspecified atom stereocenters. The number of nitrogens with one attached hydrogen (secondary N) is 1. The lowest BCUT2D eigenvalue weighted by Gasteiger charge is -2.27. The summed E-state index contributed by atoms with van der Waals surface area (Å²) in [5.41, 5.74) is -0.906. The van der Waals surface area contributed by atoms with E-state index in [1.807, 2.05) is 0 Å². The molecule has 6 heteroatoms. The number of aliphatic hydroxyl groups is 2. The Hall–Kier alpha value is -1.14. The lowest BCUT2D eigenvalue weighted by molar-refractivity contribution is -0.139. The number of carboxylic acids is 1. The molecule has 0 heterocycles. The van der Waals surface area contributed by atoms with E-state index in [1.165, 1.54) is 0 Å². The highest BCUT2D eigenvalue weighted by molar-refractivity contribution is 5.81. The molecule has 0 bridgehead atoms. The quantitative estimate of drug-likeness (QED) is 0.437. The van der Waals surface area contributed by atoms with Gasteiger partial charge in [-0.25, -0.2) is 0 Å². The summed E-state index contributed by atoms with van der Waals surface area (Å²) in [5, 5.41) is 29.3. The Morgan fingerprint density at radius 2 is 1.94 bits per heavy atom. The van der Waals surface area contributed by atoms with Crippen LogP contribution in [0.15, 0.2) is 0 Å². The molecule has 0 radical (unpaired) electrons. The van der Waals surface area contributed by atoms with E-state index in [0.717, 1.165) is 0 Å². The van der Waals surface area contributed by atoms with Crippen molar-refractivity contribution in [2.24, 2.45) is 5.41 Å². The van der Waals surface area contributed by atoms with E-state index in [9.17, 15) is 14.7 Å². The molecule has 0 aliphatic rings. The van der Waals surface area contributed by atoms with E-state index in [4.69, 9.17) is 10.2 Å². The molecule has 16 heavy (non-hydrogen) atoms. The molecule has 94 valence electrons. The van der Waals surface area contributed by atoms with E-state index in [-0.39, 0.29) is 19.6 Å². The number of hydrogen-bond acceptors (Lipinski definition) is 4. The van der Waals surface area contributed by atoms with Crippen LogP contribution in [-0.4, -0.2) is 46.5 Å². The minimum atomic E-state index is -1.30. The van der Waals surface area contributed by atoms with Crippen LogP contribution < -0.4 is 5.32 Å².